The summed E-state index contributed by atoms with van der Waals surface area (Å²) in [5.74, 6) is 1.17. The number of carbonyl (C=O) groups is 1. The van der Waals surface area contributed by atoms with E-state index < -0.39 is 0 Å². The highest BCUT2D eigenvalue weighted by Crippen LogP contribution is 2.23. The summed E-state index contributed by atoms with van der Waals surface area (Å²) < 4.78 is 1.79. The molecule has 2 aliphatic heterocycles. The van der Waals surface area contributed by atoms with Gasteiger partial charge in [-0.15, -0.1) is 0 Å². The first-order chi connectivity index (χ1) is 17.5. The van der Waals surface area contributed by atoms with Crippen LogP contribution in [0.5, 0.6) is 0 Å². The van der Waals surface area contributed by atoms with E-state index >= 15 is 0 Å². The highest BCUT2D eigenvalue weighted by atomic mass is 16.2. The van der Waals surface area contributed by atoms with E-state index in [0.717, 1.165) is 56.5 Å². The van der Waals surface area contributed by atoms with Crippen LogP contribution in [0.1, 0.15) is 37.3 Å². The number of anilines is 1. The van der Waals surface area contributed by atoms with Gasteiger partial charge in [-0.3, -0.25) is 14.5 Å². The fourth-order valence-electron chi connectivity index (χ4n) is 5.62. The van der Waals surface area contributed by atoms with Crippen molar-refractivity contribution in [3.63, 3.8) is 0 Å². The maximum atomic E-state index is 13.1. The standard InChI is InChI=1S/C29H37N5O2/c1-3-34-26-7-5-4-6-25(26)31-27(29(34)36)33-16-13-24(14-17-33)28(35)30-18-23-12-15-32(20-23)19-22-10-8-21(2)9-11-22/h4-11,23-24H,3,12-20H2,1-2H3,(H,30,35)/t23-/m1/s1. The number of amides is 1. The molecule has 7 heteroatoms. The molecule has 3 heterocycles. The summed E-state index contributed by atoms with van der Waals surface area (Å²) >= 11 is 0. The normalized spacial score (nSPS) is 19.2. The lowest BCUT2D eigenvalue weighted by Crippen LogP contribution is -2.44. The molecule has 0 bridgehead atoms. The topological polar surface area (TPSA) is 70.5 Å². The minimum Gasteiger partial charge on any atom is -0.356 e. The lowest BCUT2D eigenvalue weighted by molar-refractivity contribution is -0.125. The van der Waals surface area contributed by atoms with Crippen molar-refractivity contribution in [2.45, 2.75) is 46.2 Å². The van der Waals surface area contributed by atoms with E-state index in [4.69, 9.17) is 4.98 Å². The minimum atomic E-state index is -0.0458. The number of piperidine rings is 1. The molecule has 2 fully saturated rings. The van der Waals surface area contributed by atoms with E-state index in [1.54, 1.807) is 4.57 Å². The highest BCUT2D eigenvalue weighted by Gasteiger charge is 2.29. The molecule has 36 heavy (non-hydrogen) atoms. The molecule has 0 spiro atoms. The maximum Gasteiger partial charge on any atom is 0.293 e. The fraction of sp³-hybridized carbons (Fsp3) is 0.483. The first-order valence-corrected chi connectivity index (χ1v) is 13.3. The van der Waals surface area contributed by atoms with Crippen molar-refractivity contribution in [3.05, 3.63) is 70.0 Å². The van der Waals surface area contributed by atoms with Gasteiger partial charge in [0.25, 0.3) is 5.56 Å². The van der Waals surface area contributed by atoms with E-state index in [2.05, 4.69) is 46.3 Å². The van der Waals surface area contributed by atoms with Gasteiger partial charge in [0.05, 0.1) is 11.0 Å². The lowest BCUT2D eigenvalue weighted by atomic mass is 9.95. The molecular weight excluding hydrogens is 450 g/mol. The summed E-state index contributed by atoms with van der Waals surface area (Å²) in [5.41, 5.74) is 4.30. The van der Waals surface area contributed by atoms with Crippen molar-refractivity contribution in [2.24, 2.45) is 11.8 Å². The first-order valence-electron chi connectivity index (χ1n) is 13.3. The van der Waals surface area contributed by atoms with Crippen LogP contribution in [0.15, 0.2) is 53.3 Å². The second-order valence-corrected chi connectivity index (χ2v) is 10.4. The molecule has 5 rings (SSSR count). The van der Waals surface area contributed by atoms with E-state index in [0.29, 0.717) is 31.4 Å². The van der Waals surface area contributed by atoms with Crippen LogP contribution in [-0.2, 0) is 17.9 Å². The molecule has 0 aliphatic carbocycles. The third-order valence-corrected chi connectivity index (χ3v) is 7.78. The Kier molecular flexibility index (Phi) is 7.37. The third-order valence-electron chi connectivity index (χ3n) is 7.78. The van der Waals surface area contributed by atoms with Gasteiger partial charge in [-0.1, -0.05) is 42.0 Å². The molecular formula is C29H37N5O2. The van der Waals surface area contributed by atoms with Gasteiger partial charge in [0.1, 0.15) is 0 Å². The molecule has 1 amide bonds. The quantitative estimate of drug-likeness (QED) is 0.552. The number of hydrogen-bond donors (Lipinski definition) is 1. The predicted molar refractivity (Wildman–Crippen MR) is 144 cm³/mol. The lowest BCUT2D eigenvalue weighted by Gasteiger charge is -2.32. The van der Waals surface area contributed by atoms with Gasteiger partial charge < -0.3 is 14.8 Å². The monoisotopic (exact) mass is 487 g/mol. The molecule has 3 aromatic rings. The van der Waals surface area contributed by atoms with Gasteiger partial charge in [-0.2, -0.15) is 0 Å². The van der Waals surface area contributed by atoms with E-state index in [-0.39, 0.29) is 17.4 Å². The van der Waals surface area contributed by atoms with Crippen molar-refractivity contribution in [1.82, 2.24) is 19.8 Å². The summed E-state index contributed by atoms with van der Waals surface area (Å²) in [4.78, 5) is 35.3. The Hall–Kier alpha value is -3.19. The molecule has 2 saturated heterocycles. The van der Waals surface area contributed by atoms with Gasteiger partial charge >= 0.3 is 0 Å². The number of nitrogens with one attached hydrogen (secondary N) is 1. The highest BCUT2D eigenvalue weighted by molar-refractivity contribution is 5.79. The average molecular weight is 488 g/mol. The van der Waals surface area contributed by atoms with Gasteiger partial charge in [0.2, 0.25) is 5.91 Å². The van der Waals surface area contributed by atoms with Gasteiger partial charge in [0.15, 0.2) is 5.82 Å². The largest absolute Gasteiger partial charge is 0.356 e. The Morgan fingerprint density at radius 3 is 2.53 bits per heavy atom. The first kappa shape index (κ1) is 24.5. The molecule has 0 unspecified atom stereocenters. The molecule has 1 aromatic heterocycles. The number of hydrogen-bond acceptors (Lipinski definition) is 5. The Morgan fingerprint density at radius 1 is 1.03 bits per heavy atom. The molecule has 7 nitrogen and oxygen atoms in total. The van der Waals surface area contributed by atoms with Crippen molar-refractivity contribution >= 4 is 22.8 Å². The number of aryl methyl sites for hydroxylation is 2. The molecule has 1 atom stereocenters. The Morgan fingerprint density at radius 2 is 1.78 bits per heavy atom. The molecule has 2 aromatic carbocycles. The number of para-hydroxylation sites is 2. The SMILES string of the molecule is CCn1c(=O)c(N2CCC(C(=O)NC[C@H]3CCN(Cc4ccc(C)cc4)C3)CC2)nc2ccccc21. The second kappa shape index (κ2) is 10.8. The summed E-state index contributed by atoms with van der Waals surface area (Å²) in [6.07, 6.45) is 2.62. The molecule has 2 aliphatic rings. The van der Waals surface area contributed by atoms with E-state index in [9.17, 15) is 9.59 Å². The zero-order chi connectivity index (χ0) is 25.1. The third kappa shape index (κ3) is 5.31. The number of nitrogens with zero attached hydrogens (tertiary/aromatic N) is 4. The summed E-state index contributed by atoms with van der Waals surface area (Å²) in [5, 5.41) is 3.23. The fourth-order valence-corrected chi connectivity index (χ4v) is 5.62. The molecule has 0 radical (unpaired) electrons. The van der Waals surface area contributed by atoms with Crippen LogP contribution in [0.4, 0.5) is 5.82 Å². The molecule has 190 valence electrons. The molecule has 1 N–H and O–H groups in total. The van der Waals surface area contributed by atoms with Crippen LogP contribution < -0.4 is 15.8 Å². The number of aromatic nitrogens is 2. The van der Waals surface area contributed by atoms with Crippen LogP contribution >= 0.6 is 0 Å². The van der Waals surface area contributed by atoms with Gasteiger partial charge in [0, 0.05) is 45.2 Å². The Balaban J connectivity index is 1.12. The Labute approximate surface area is 213 Å². The smallest absolute Gasteiger partial charge is 0.293 e. The van der Waals surface area contributed by atoms with E-state index in [1.807, 2.05) is 31.2 Å². The number of fused-ring (bicyclic) bond motifs is 1. The van der Waals surface area contributed by atoms with E-state index in [1.165, 1.54) is 11.1 Å². The Bertz CT molecular complexity index is 1260. The van der Waals surface area contributed by atoms with Crippen LogP contribution in [-0.4, -0.2) is 53.1 Å². The number of carbonyl (C=O) groups excluding carboxylic acids is 1. The summed E-state index contributed by atoms with van der Waals surface area (Å²) in [6.45, 7) is 9.90. The number of benzene rings is 2. The van der Waals surface area contributed by atoms with Gasteiger partial charge in [-0.05, 0) is 63.3 Å². The van der Waals surface area contributed by atoms with Crippen LogP contribution in [0, 0.1) is 18.8 Å². The predicted octanol–water partition coefficient (Wildman–Crippen LogP) is 3.58. The zero-order valence-corrected chi connectivity index (χ0v) is 21.4. The van der Waals surface area contributed by atoms with Gasteiger partial charge in [-0.25, -0.2) is 4.98 Å². The summed E-state index contributed by atoms with van der Waals surface area (Å²) in [6, 6.07) is 16.5. The van der Waals surface area contributed by atoms with Crippen LogP contribution in [0.3, 0.4) is 0 Å². The molecule has 0 saturated carbocycles. The number of likely N-dealkylation sites (tertiary alicyclic amines) is 1. The zero-order valence-electron chi connectivity index (χ0n) is 21.4. The van der Waals surface area contributed by atoms with Crippen molar-refractivity contribution < 1.29 is 4.79 Å². The average Bonchev–Trinajstić information content (AvgIpc) is 3.35. The van der Waals surface area contributed by atoms with Crippen LogP contribution in [0.25, 0.3) is 11.0 Å². The van der Waals surface area contributed by atoms with Crippen molar-refractivity contribution in [1.29, 1.82) is 0 Å². The van der Waals surface area contributed by atoms with Crippen molar-refractivity contribution in [3.8, 4) is 0 Å². The second-order valence-electron chi connectivity index (χ2n) is 10.4. The van der Waals surface area contributed by atoms with Crippen molar-refractivity contribution in [2.75, 3.05) is 37.6 Å². The number of rotatable bonds is 7. The van der Waals surface area contributed by atoms with Crippen LogP contribution in [0.2, 0.25) is 0 Å². The maximum absolute atomic E-state index is 13.1. The minimum absolute atomic E-state index is 0.000159. The summed E-state index contributed by atoms with van der Waals surface area (Å²) in [7, 11) is 0.